The number of anilines is 1. The first-order chi connectivity index (χ1) is 16.9. The average Bonchev–Trinajstić information content (AvgIpc) is 2.90. The molecule has 4 rings (SSSR count). The first-order valence-corrected chi connectivity index (χ1v) is 13.0. The molecule has 2 aromatic carbocycles. The number of H-pyrrole nitrogens is 1. The van der Waals surface area contributed by atoms with Gasteiger partial charge in [0.1, 0.15) is 12.4 Å². The fraction of sp³-hybridized carbons (Fsp3) is 0.222. The molecule has 0 spiro atoms. The number of aromatic amines is 1. The second kappa shape index (κ2) is 11.7. The molecule has 1 unspecified atom stereocenters. The van der Waals surface area contributed by atoms with E-state index in [4.69, 9.17) is 9.47 Å². The van der Waals surface area contributed by atoms with Crippen molar-refractivity contribution in [3.8, 4) is 11.8 Å². The van der Waals surface area contributed by atoms with Gasteiger partial charge >= 0.3 is 5.97 Å². The highest BCUT2D eigenvalue weighted by molar-refractivity contribution is 14.1. The molecular formula is C27H26IN3O4. The Morgan fingerprint density at radius 3 is 2.51 bits per heavy atom. The molecule has 0 saturated heterocycles. The van der Waals surface area contributed by atoms with Crippen molar-refractivity contribution >= 4 is 34.2 Å². The Kier molecular flexibility index (Phi) is 8.71. The van der Waals surface area contributed by atoms with E-state index >= 15 is 0 Å². The van der Waals surface area contributed by atoms with Gasteiger partial charge in [-0.2, -0.15) is 5.26 Å². The van der Waals surface area contributed by atoms with Crippen molar-refractivity contribution in [2.45, 2.75) is 26.4 Å². The van der Waals surface area contributed by atoms with Crippen LogP contribution in [0.25, 0.3) is 0 Å². The van der Waals surface area contributed by atoms with Crippen LogP contribution in [0.5, 0.6) is 5.75 Å². The van der Waals surface area contributed by atoms with E-state index in [1.807, 2.05) is 42.2 Å². The van der Waals surface area contributed by atoms with Gasteiger partial charge in [-0.15, -0.1) is 0 Å². The highest BCUT2D eigenvalue weighted by Gasteiger charge is 2.37. The first kappa shape index (κ1) is 26.0. The number of hydrogen-bond donors (Lipinski definition) is 2. The van der Waals surface area contributed by atoms with Crippen LogP contribution in [0.15, 0.2) is 70.8 Å². The molecule has 3 aromatic rings. The maximum atomic E-state index is 13.4. The van der Waals surface area contributed by atoms with Crippen LogP contribution < -0.4 is 15.6 Å². The van der Waals surface area contributed by atoms with Crippen LogP contribution in [0.1, 0.15) is 40.7 Å². The number of rotatable bonds is 5. The number of halogens is 1. The van der Waals surface area contributed by atoms with Crippen LogP contribution in [-0.4, -0.2) is 23.0 Å². The zero-order valence-corrected chi connectivity index (χ0v) is 22.1. The number of fused-ring (bicyclic) bond motifs is 1. The zero-order valence-electron chi connectivity index (χ0n) is 19.9. The Morgan fingerprint density at radius 1 is 1.14 bits per heavy atom. The summed E-state index contributed by atoms with van der Waals surface area (Å²) >= 11 is 2.15. The van der Waals surface area contributed by atoms with Gasteiger partial charge in [-0.1, -0.05) is 59.0 Å². The molecule has 0 amide bonds. The number of nitriles is 1. The van der Waals surface area contributed by atoms with Crippen LogP contribution in [0.3, 0.4) is 0 Å². The molecule has 1 aliphatic rings. The van der Waals surface area contributed by atoms with Crippen LogP contribution in [0, 0.1) is 18.3 Å². The van der Waals surface area contributed by atoms with Crippen molar-refractivity contribution in [3.05, 3.63) is 104 Å². The first-order valence-electron chi connectivity index (χ1n) is 10.8. The standard InChI is InChI=1S/C26H23N3O4.CH3I/c1-15-13-28-25(30)23-22(19-10-9-18(12-27)11-20(19)32-3)21(16(2)29-24(15)23)26(31)33-14-17-7-5-4-6-8-17;1-2/h4-11,13,22,29H,14H2,1-3H3,(H,28,30);1H3. The molecular weight excluding hydrogens is 557 g/mol. The summed E-state index contributed by atoms with van der Waals surface area (Å²) in [6, 6.07) is 16.4. The van der Waals surface area contributed by atoms with Crippen LogP contribution in [0.4, 0.5) is 5.69 Å². The Balaban J connectivity index is 0.00000167. The summed E-state index contributed by atoms with van der Waals surface area (Å²) in [5.74, 6) is -0.864. The third kappa shape index (κ3) is 5.41. The molecule has 35 heavy (non-hydrogen) atoms. The van der Waals surface area contributed by atoms with E-state index in [-0.39, 0.29) is 12.2 Å². The van der Waals surface area contributed by atoms with Crippen molar-refractivity contribution in [1.29, 1.82) is 5.26 Å². The summed E-state index contributed by atoms with van der Waals surface area (Å²) in [5.41, 5.74) is 4.33. The highest BCUT2D eigenvalue weighted by Crippen LogP contribution is 2.44. The van der Waals surface area contributed by atoms with Gasteiger partial charge in [0.25, 0.3) is 5.56 Å². The van der Waals surface area contributed by atoms with E-state index in [1.165, 1.54) is 7.11 Å². The summed E-state index contributed by atoms with van der Waals surface area (Å²) in [6.45, 7) is 3.76. The average molecular weight is 583 g/mol. The molecule has 1 atom stereocenters. The van der Waals surface area contributed by atoms with Crippen molar-refractivity contribution in [1.82, 2.24) is 4.98 Å². The quantitative estimate of drug-likeness (QED) is 0.244. The number of carbonyl (C=O) groups is 1. The van der Waals surface area contributed by atoms with Gasteiger partial charge < -0.3 is 19.8 Å². The number of aromatic nitrogens is 1. The van der Waals surface area contributed by atoms with E-state index in [9.17, 15) is 14.9 Å². The monoisotopic (exact) mass is 583 g/mol. The van der Waals surface area contributed by atoms with Crippen molar-refractivity contribution in [2.75, 3.05) is 17.4 Å². The van der Waals surface area contributed by atoms with Crippen molar-refractivity contribution < 1.29 is 14.3 Å². The summed E-state index contributed by atoms with van der Waals surface area (Å²) in [4.78, 5) is 31.1. The molecule has 0 fully saturated rings. The largest absolute Gasteiger partial charge is 0.496 e. The van der Waals surface area contributed by atoms with Gasteiger partial charge in [0.2, 0.25) is 0 Å². The Labute approximate surface area is 217 Å². The van der Waals surface area contributed by atoms with Crippen LogP contribution in [-0.2, 0) is 16.1 Å². The molecule has 0 aliphatic carbocycles. The minimum atomic E-state index is -0.740. The number of carbonyl (C=O) groups excluding carboxylic acids is 1. The smallest absolute Gasteiger partial charge is 0.337 e. The lowest BCUT2D eigenvalue weighted by molar-refractivity contribution is -0.140. The maximum absolute atomic E-state index is 13.4. The third-order valence-electron chi connectivity index (χ3n) is 5.73. The molecule has 0 radical (unpaired) electrons. The van der Waals surface area contributed by atoms with Gasteiger partial charge in [-0.25, -0.2) is 4.79 Å². The summed E-state index contributed by atoms with van der Waals surface area (Å²) < 4.78 is 11.2. The molecule has 0 saturated carbocycles. The Bertz CT molecular complexity index is 1360. The van der Waals surface area contributed by atoms with Gasteiger partial charge in [-0.05, 0) is 42.0 Å². The lowest BCUT2D eigenvalue weighted by Gasteiger charge is -2.31. The number of aryl methyl sites for hydroxylation is 1. The second-order valence-electron chi connectivity index (χ2n) is 7.82. The van der Waals surface area contributed by atoms with E-state index in [1.54, 1.807) is 31.3 Å². The molecule has 7 nitrogen and oxygen atoms in total. The number of methoxy groups -OCH3 is 1. The number of nitrogens with zero attached hydrogens (tertiary/aromatic N) is 1. The van der Waals surface area contributed by atoms with Crippen molar-refractivity contribution in [2.24, 2.45) is 0 Å². The molecule has 2 N–H and O–H groups in total. The highest BCUT2D eigenvalue weighted by atomic mass is 127. The normalized spacial score (nSPS) is 14.0. The molecule has 8 heteroatoms. The minimum Gasteiger partial charge on any atom is -0.496 e. The Hall–Kier alpha value is -3.58. The number of alkyl halides is 1. The second-order valence-corrected chi connectivity index (χ2v) is 7.82. The van der Waals surface area contributed by atoms with Crippen LogP contribution in [0.2, 0.25) is 0 Å². The van der Waals surface area contributed by atoms with Gasteiger partial charge in [-0.3, -0.25) is 4.79 Å². The number of hydrogen-bond acceptors (Lipinski definition) is 6. The van der Waals surface area contributed by atoms with E-state index < -0.39 is 11.9 Å². The van der Waals surface area contributed by atoms with Crippen LogP contribution >= 0.6 is 22.6 Å². The van der Waals surface area contributed by atoms with Gasteiger partial charge in [0.15, 0.2) is 0 Å². The number of benzene rings is 2. The fourth-order valence-corrected chi connectivity index (χ4v) is 4.11. The lowest BCUT2D eigenvalue weighted by Crippen LogP contribution is -2.30. The summed E-state index contributed by atoms with van der Waals surface area (Å²) in [6.07, 6.45) is 1.63. The predicted octanol–water partition coefficient (Wildman–Crippen LogP) is 5.19. The molecule has 1 aliphatic heterocycles. The number of esters is 1. The number of allylic oxidation sites excluding steroid dienone is 1. The van der Waals surface area contributed by atoms with E-state index in [2.05, 4.69) is 39.0 Å². The number of ether oxygens (including phenoxy) is 2. The molecule has 0 bridgehead atoms. The zero-order chi connectivity index (χ0) is 25.5. The van der Waals surface area contributed by atoms with E-state index in [0.717, 1.165) is 11.1 Å². The Morgan fingerprint density at radius 2 is 1.86 bits per heavy atom. The predicted molar refractivity (Wildman–Crippen MR) is 144 cm³/mol. The van der Waals surface area contributed by atoms with Crippen molar-refractivity contribution in [3.63, 3.8) is 0 Å². The maximum Gasteiger partial charge on any atom is 0.337 e. The topological polar surface area (TPSA) is 104 Å². The number of pyridine rings is 1. The SMILES string of the molecule is CI.COc1cc(C#N)ccc1C1C(C(=O)OCc2ccccc2)=C(C)Nc2c(C)c[nH]c(=O)c21. The molecule has 180 valence electrons. The number of nitrogens with one attached hydrogen (secondary N) is 2. The minimum absolute atomic E-state index is 0.102. The lowest BCUT2D eigenvalue weighted by atomic mass is 9.80. The molecule has 1 aromatic heterocycles. The summed E-state index contributed by atoms with van der Waals surface area (Å²) in [5, 5.41) is 12.5. The van der Waals surface area contributed by atoms with Gasteiger partial charge in [0.05, 0.1) is 41.5 Å². The van der Waals surface area contributed by atoms with Gasteiger partial charge in [0, 0.05) is 17.5 Å². The van der Waals surface area contributed by atoms with E-state index in [0.29, 0.717) is 39.4 Å². The summed E-state index contributed by atoms with van der Waals surface area (Å²) in [7, 11) is 1.49. The third-order valence-corrected chi connectivity index (χ3v) is 5.73. The fourth-order valence-electron chi connectivity index (χ4n) is 4.11. The molecule has 2 heterocycles.